The largest absolute Gasteiger partial charge is 0.493 e. The van der Waals surface area contributed by atoms with Crippen LogP contribution >= 0.6 is 35.6 Å². The van der Waals surface area contributed by atoms with Crippen molar-refractivity contribution in [2.75, 3.05) is 12.0 Å². The maximum Gasteiger partial charge on any atom is 0.270 e. The van der Waals surface area contributed by atoms with E-state index in [9.17, 15) is 9.18 Å². The van der Waals surface area contributed by atoms with Crippen LogP contribution in [0.3, 0.4) is 0 Å². The number of thiocarbonyl (C=S) groups is 1. The van der Waals surface area contributed by atoms with Crippen molar-refractivity contribution >= 4 is 57.6 Å². The molecule has 0 saturated carbocycles. The summed E-state index contributed by atoms with van der Waals surface area (Å²) < 4.78 is 25.7. The summed E-state index contributed by atoms with van der Waals surface area (Å²) in [6.07, 6.45) is 1.77. The Morgan fingerprint density at radius 1 is 1.12 bits per heavy atom. The van der Waals surface area contributed by atoms with E-state index in [1.165, 1.54) is 24.9 Å². The van der Waals surface area contributed by atoms with E-state index in [1.54, 1.807) is 41.3 Å². The molecular weight excluding hydrogens is 493 g/mol. The first-order valence-electron chi connectivity index (χ1n) is 10.4. The quantitative estimate of drug-likeness (QED) is 0.260. The molecule has 1 aliphatic rings. The molecule has 174 valence electrons. The van der Waals surface area contributed by atoms with E-state index >= 15 is 0 Å². The number of carbonyl (C=O) groups excluding carboxylic acids is 1. The zero-order chi connectivity index (χ0) is 24.4. The summed E-state index contributed by atoms with van der Waals surface area (Å²) >= 11 is 12.8. The van der Waals surface area contributed by atoms with Gasteiger partial charge in [-0.25, -0.2) is 4.39 Å². The van der Waals surface area contributed by atoms with Gasteiger partial charge in [-0.3, -0.25) is 9.69 Å². The van der Waals surface area contributed by atoms with Crippen molar-refractivity contribution in [3.8, 4) is 11.5 Å². The van der Waals surface area contributed by atoms with Gasteiger partial charge in [0.05, 0.1) is 22.7 Å². The first-order valence-corrected chi connectivity index (χ1v) is 12.0. The highest BCUT2D eigenvalue weighted by molar-refractivity contribution is 8.27. The molecule has 0 N–H and O–H groups in total. The number of halogens is 2. The number of amides is 1. The molecule has 1 heterocycles. The lowest BCUT2D eigenvalue weighted by molar-refractivity contribution is -0.113. The Kier molecular flexibility index (Phi) is 7.26. The molecule has 0 spiro atoms. The zero-order valence-corrected chi connectivity index (χ0v) is 21.1. The minimum Gasteiger partial charge on any atom is -0.493 e. The standard InChI is InChI=1S/C26H21ClFNO3S2/c1-15-7-9-21(16(2)11-15)29-25(30)24(34-26(29)33)13-17-8-10-22(23(12-17)31-3)32-14-18-19(27)5-4-6-20(18)28/h4-13H,14H2,1-3H3. The number of carbonyl (C=O) groups is 1. The fourth-order valence-electron chi connectivity index (χ4n) is 3.60. The van der Waals surface area contributed by atoms with Gasteiger partial charge in [0.25, 0.3) is 5.91 Å². The predicted octanol–water partition coefficient (Wildman–Crippen LogP) is 7.09. The van der Waals surface area contributed by atoms with Crippen molar-refractivity contribution in [2.45, 2.75) is 20.5 Å². The molecule has 0 unspecified atom stereocenters. The molecule has 0 radical (unpaired) electrons. The zero-order valence-electron chi connectivity index (χ0n) is 18.7. The van der Waals surface area contributed by atoms with Crippen molar-refractivity contribution in [2.24, 2.45) is 0 Å². The van der Waals surface area contributed by atoms with E-state index in [-0.39, 0.29) is 18.1 Å². The molecule has 8 heteroatoms. The van der Waals surface area contributed by atoms with E-state index in [0.717, 1.165) is 22.4 Å². The molecule has 1 saturated heterocycles. The van der Waals surface area contributed by atoms with Gasteiger partial charge in [0.2, 0.25) is 0 Å². The number of thioether (sulfide) groups is 1. The summed E-state index contributed by atoms with van der Waals surface area (Å²) in [5, 5.41) is 0.293. The fraction of sp³-hybridized carbons (Fsp3) is 0.154. The molecule has 0 atom stereocenters. The summed E-state index contributed by atoms with van der Waals surface area (Å²) in [5.74, 6) is 0.275. The van der Waals surface area contributed by atoms with Crippen LogP contribution in [0.25, 0.3) is 6.08 Å². The van der Waals surface area contributed by atoms with Gasteiger partial charge in [-0.2, -0.15) is 0 Å². The molecule has 34 heavy (non-hydrogen) atoms. The second-order valence-corrected chi connectivity index (χ2v) is 9.79. The normalized spacial score (nSPS) is 14.7. The predicted molar refractivity (Wildman–Crippen MR) is 140 cm³/mol. The number of anilines is 1. The minimum absolute atomic E-state index is 0.0459. The van der Waals surface area contributed by atoms with Crippen molar-refractivity contribution in [3.05, 3.63) is 92.6 Å². The van der Waals surface area contributed by atoms with Gasteiger partial charge >= 0.3 is 0 Å². The Morgan fingerprint density at radius 2 is 1.91 bits per heavy atom. The van der Waals surface area contributed by atoms with Crippen LogP contribution in [0.1, 0.15) is 22.3 Å². The lowest BCUT2D eigenvalue weighted by atomic mass is 10.1. The average molecular weight is 514 g/mol. The minimum atomic E-state index is -0.436. The van der Waals surface area contributed by atoms with Gasteiger partial charge in [-0.1, -0.05) is 65.4 Å². The summed E-state index contributed by atoms with van der Waals surface area (Å²) in [7, 11) is 1.52. The molecule has 3 aromatic rings. The van der Waals surface area contributed by atoms with Crippen molar-refractivity contribution in [1.29, 1.82) is 0 Å². The maximum atomic E-state index is 14.0. The van der Waals surface area contributed by atoms with Crippen molar-refractivity contribution in [1.82, 2.24) is 0 Å². The van der Waals surface area contributed by atoms with E-state index < -0.39 is 5.82 Å². The van der Waals surface area contributed by atoms with Gasteiger partial charge < -0.3 is 9.47 Å². The van der Waals surface area contributed by atoms with Gasteiger partial charge in [-0.05, 0) is 61.4 Å². The number of rotatable bonds is 6. The van der Waals surface area contributed by atoms with Crippen LogP contribution in [-0.2, 0) is 11.4 Å². The molecule has 4 nitrogen and oxygen atoms in total. The van der Waals surface area contributed by atoms with E-state index in [4.69, 9.17) is 33.3 Å². The van der Waals surface area contributed by atoms with Crippen LogP contribution in [0.5, 0.6) is 11.5 Å². The third kappa shape index (κ3) is 4.97. The molecule has 0 bridgehead atoms. The van der Waals surface area contributed by atoms with Gasteiger partial charge in [-0.15, -0.1) is 0 Å². The van der Waals surface area contributed by atoms with Gasteiger partial charge in [0.15, 0.2) is 15.8 Å². The smallest absolute Gasteiger partial charge is 0.270 e. The van der Waals surface area contributed by atoms with Crippen LogP contribution in [0.15, 0.2) is 59.5 Å². The summed E-state index contributed by atoms with van der Waals surface area (Å²) in [6.45, 7) is 3.92. The van der Waals surface area contributed by atoms with Crippen LogP contribution in [0, 0.1) is 19.7 Å². The van der Waals surface area contributed by atoms with E-state index in [2.05, 4.69) is 0 Å². The Labute approximate surface area is 212 Å². The van der Waals surface area contributed by atoms with Gasteiger partial charge in [0, 0.05) is 5.56 Å². The SMILES string of the molecule is COc1cc(C=C2SC(=S)N(c3ccc(C)cc3C)C2=O)ccc1OCc1c(F)cccc1Cl. The molecule has 0 aromatic heterocycles. The Morgan fingerprint density at radius 3 is 2.62 bits per heavy atom. The highest BCUT2D eigenvalue weighted by Gasteiger charge is 2.34. The Bertz CT molecular complexity index is 1310. The van der Waals surface area contributed by atoms with Crippen molar-refractivity contribution in [3.63, 3.8) is 0 Å². The highest BCUT2D eigenvalue weighted by Crippen LogP contribution is 2.38. The van der Waals surface area contributed by atoms with E-state index in [0.29, 0.717) is 25.7 Å². The fourth-order valence-corrected chi connectivity index (χ4v) is 5.10. The van der Waals surface area contributed by atoms with Gasteiger partial charge in [0.1, 0.15) is 12.4 Å². The highest BCUT2D eigenvalue weighted by atomic mass is 35.5. The monoisotopic (exact) mass is 513 g/mol. The van der Waals surface area contributed by atoms with Crippen LogP contribution in [0.4, 0.5) is 10.1 Å². The Hall–Kier alpha value is -2.87. The number of ether oxygens (including phenoxy) is 2. The van der Waals surface area contributed by atoms with E-state index in [1.807, 2.05) is 32.0 Å². The molecule has 1 amide bonds. The Balaban J connectivity index is 1.56. The third-order valence-corrected chi connectivity index (χ3v) is 6.96. The number of hydrogen-bond donors (Lipinski definition) is 0. The summed E-state index contributed by atoms with van der Waals surface area (Å²) in [6, 6.07) is 15.6. The lowest BCUT2D eigenvalue weighted by Gasteiger charge is -2.17. The lowest BCUT2D eigenvalue weighted by Crippen LogP contribution is -2.28. The maximum absolute atomic E-state index is 14.0. The molecule has 0 aliphatic carbocycles. The molecule has 4 rings (SSSR count). The number of nitrogens with zero attached hydrogens (tertiary/aromatic N) is 1. The second-order valence-electron chi connectivity index (χ2n) is 7.71. The molecule has 1 fully saturated rings. The van der Waals surface area contributed by atoms with Crippen LogP contribution < -0.4 is 14.4 Å². The van der Waals surface area contributed by atoms with Crippen LogP contribution in [-0.4, -0.2) is 17.3 Å². The van der Waals surface area contributed by atoms with Crippen molar-refractivity contribution < 1.29 is 18.7 Å². The van der Waals surface area contributed by atoms with Crippen LogP contribution in [0.2, 0.25) is 5.02 Å². The summed E-state index contributed by atoms with van der Waals surface area (Å²) in [4.78, 5) is 15.2. The third-order valence-electron chi connectivity index (χ3n) is 5.31. The number of benzene rings is 3. The topological polar surface area (TPSA) is 38.8 Å². The number of methoxy groups -OCH3 is 1. The molecule has 3 aromatic carbocycles. The number of aryl methyl sites for hydroxylation is 2. The molecule has 1 aliphatic heterocycles. The second kappa shape index (κ2) is 10.2. The first-order chi connectivity index (χ1) is 16.3. The number of hydrogen-bond acceptors (Lipinski definition) is 5. The summed E-state index contributed by atoms with van der Waals surface area (Å²) in [5.41, 5.74) is 3.90. The average Bonchev–Trinajstić information content (AvgIpc) is 3.07. The first kappa shape index (κ1) is 24.3. The molecular formula is C26H21ClFNO3S2.